The molecule has 2 rings (SSSR count). The van der Waals surface area contributed by atoms with Gasteiger partial charge in [0.1, 0.15) is 0 Å². The third-order valence-electron chi connectivity index (χ3n) is 2.80. The van der Waals surface area contributed by atoms with Crippen molar-refractivity contribution in [1.82, 2.24) is 10.3 Å². The first-order valence-corrected chi connectivity index (χ1v) is 5.72. The fourth-order valence-corrected chi connectivity index (χ4v) is 1.92. The Kier molecular flexibility index (Phi) is 3.74. The molecule has 88 valence electrons. The highest BCUT2D eigenvalue weighted by atomic mass is 16.5. The number of ether oxygens (including phenoxy) is 1. The number of aromatic nitrogens is 1. The van der Waals surface area contributed by atoms with Crippen LogP contribution in [-0.2, 0) is 4.74 Å². The predicted octanol–water partition coefficient (Wildman–Crippen LogP) is 0.815. The fourth-order valence-electron chi connectivity index (χ4n) is 1.92. The maximum atomic E-state index is 5.68. The molecule has 1 aromatic heterocycles. The number of rotatable bonds is 3. The maximum Gasteiger partial charge on any atom is 0.0874 e. The van der Waals surface area contributed by atoms with E-state index < -0.39 is 0 Å². The molecule has 0 aliphatic carbocycles. The lowest BCUT2D eigenvalue weighted by Crippen LogP contribution is -2.44. The summed E-state index contributed by atoms with van der Waals surface area (Å²) in [5, 5.41) is 3.34. The van der Waals surface area contributed by atoms with Crippen molar-refractivity contribution in [3.63, 3.8) is 0 Å². The van der Waals surface area contributed by atoms with Gasteiger partial charge in [-0.3, -0.25) is 4.98 Å². The van der Waals surface area contributed by atoms with E-state index >= 15 is 0 Å². The van der Waals surface area contributed by atoms with Crippen molar-refractivity contribution in [2.24, 2.45) is 0 Å². The Balaban J connectivity index is 1.94. The molecule has 2 heterocycles. The van der Waals surface area contributed by atoms with Crippen molar-refractivity contribution < 1.29 is 4.74 Å². The summed E-state index contributed by atoms with van der Waals surface area (Å²) >= 11 is 0. The summed E-state index contributed by atoms with van der Waals surface area (Å²) in [6.07, 6.45) is 2.13. The van der Waals surface area contributed by atoms with Gasteiger partial charge in [0.05, 0.1) is 12.7 Å². The normalized spacial score (nSPS) is 20.8. The second kappa shape index (κ2) is 5.27. The van der Waals surface area contributed by atoms with Crippen molar-refractivity contribution in [2.45, 2.75) is 13.0 Å². The molecule has 4 nitrogen and oxygen atoms in total. The van der Waals surface area contributed by atoms with Gasteiger partial charge in [-0.05, 0) is 19.1 Å². The monoisotopic (exact) mass is 221 g/mol. The quantitative estimate of drug-likeness (QED) is 0.820. The highest BCUT2D eigenvalue weighted by molar-refractivity contribution is 5.45. The van der Waals surface area contributed by atoms with Crippen LogP contribution < -0.4 is 10.2 Å². The van der Waals surface area contributed by atoms with E-state index in [-0.39, 0.29) is 6.10 Å². The Hall–Kier alpha value is -1.13. The summed E-state index contributed by atoms with van der Waals surface area (Å²) in [4.78, 5) is 6.41. The number of hydrogen-bond donors (Lipinski definition) is 1. The minimum atomic E-state index is 0.284. The standard InChI is InChI=1S/C12H19N3O/c1-10-7-11(3-4-14-10)15(2)9-12-8-13-5-6-16-12/h3-4,7,12-13H,5-6,8-9H2,1-2H3. The highest BCUT2D eigenvalue weighted by Gasteiger charge is 2.15. The highest BCUT2D eigenvalue weighted by Crippen LogP contribution is 2.13. The largest absolute Gasteiger partial charge is 0.374 e. The van der Waals surface area contributed by atoms with E-state index in [0.717, 1.165) is 31.9 Å². The molecule has 16 heavy (non-hydrogen) atoms. The Morgan fingerprint density at radius 3 is 3.19 bits per heavy atom. The van der Waals surface area contributed by atoms with Crippen molar-refractivity contribution in [3.05, 3.63) is 24.0 Å². The van der Waals surface area contributed by atoms with Gasteiger partial charge in [-0.25, -0.2) is 0 Å². The van der Waals surface area contributed by atoms with E-state index in [1.807, 2.05) is 19.2 Å². The Bertz CT molecular complexity index is 337. The summed E-state index contributed by atoms with van der Waals surface area (Å²) in [5.41, 5.74) is 2.24. The summed E-state index contributed by atoms with van der Waals surface area (Å²) in [6, 6.07) is 4.12. The third-order valence-corrected chi connectivity index (χ3v) is 2.80. The SMILES string of the molecule is Cc1cc(N(C)CC2CNCCO2)ccn1. The molecule has 0 bridgehead atoms. The maximum absolute atomic E-state index is 5.68. The van der Waals surface area contributed by atoms with Crippen LogP contribution in [0.4, 0.5) is 5.69 Å². The number of likely N-dealkylation sites (N-methyl/N-ethyl adjacent to an activating group) is 1. The predicted molar refractivity (Wildman–Crippen MR) is 64.9 cm³/mol. The Morgan fingerprint density at radius 2 is 2.50 bits per heavy atom. The zero-order valence-corrected chi connectivity index (χ0v) is 9.94. The number of pyridine rings is 1. The number of hydrogen-bond acceptors (Lipinski definition) is 4. The van der Waals surface area contributed by atoms with Crippen LogP contribution in [0.2, 0.25) is 0 Å². The van der Waals surface area contributed by atoms with Gasteiger partial charge in [0.2, 0.25) is 0 Å². The molecule has 0 spiro atoms. The summed E-state index contributed by atoms with van der Waals surface area (Å²) in [7, 11) is 2.09. The van der Waals surface area contributed by atoms with Gasteiger partial charge in [-0.2, -0.15) is 0 Å². The second-order valence-corrected chi connectivity index (χ2v) is 4.23. The molecule has 1 N–H and O–H groups in total. The van der Waals surface area contributed by atoms with Crippen molar-refractivity contribution >= 4 is 5.69 Å². The van der Waals surface area contributed by atoms with Gasteiger partial charge in [-0.15, -0.1) is 0 Å². The average molecular weight is 221 g/mol. The molecular formula is C12H19N3O. The number of nitrogens with one attached hydrogen (secondary N) is 1. The van der Waals surface area contributed by atoms with Crippen LogP contribution in [0.5, 0.6) is 0 Å². The van der Waals surface area contributed by atoms with Gasteiger partial charge >= 0.3 is 0 Å². The molecule has 0 radical (unpaired) electrons. The van der Waals surface area contributed by atoms with Crippen LogP contribution >= 0.6 is 0 Å². The summed E-state index contributed by atoms with van der Waals surface area (Å²) in [5.74, 6) is 0. The van der Waals surface area contributed by atoms with E-state index in [4.69, 9.17) is 4.74 Å². The number of anilines is 1. The van der Waals surface area contributed by atoms with Gasteiger partial charge < -0.3 is 15.0 Å². The van der Waals surface area contributed by atoms with Crippen LogP contribution in [0.1, 0.15) is 5.69 Å². The lowest BCUT2D eigenvalue weighted by atomic mass is 10.2. The molecule has 1 atom stereocenters. The fraction of sp³-hybridized carbons (Fsp3) is 0.583. The van der Waals surface area contributed by atoms with E-state index in [2.05, 4.69) is 28.3 Å². The zero-order valence-electron chi connectivity index (χ0n) is 9.94. The van der Waals surface area contributed by atoms with Crippen LogP contribution in [0.15, 0.2) is 18.3 Å². The molecule has 1 aliphatic rings. The zero-order chi connectivity index (χ0) is 11.4. The van der Waals surface area contributed by atoms with Gasteiger partial charge in [0.15, 0.2) is 0 Å². The van der Waals surface area contributed by atoms with Crippen LogP contribution in [-0.4, -0.2) is 44.4 Å². The lowest BCUT2D eigenvalue weighted by Gasteiger charge is -2.29. The van der Waals surface area contributed by atoms with Crippen LogP contribution in [0.25, 0.3) is 0 Å². The molecule has 4 heteroatoms. The minimum Gasteiger partial charge on any atom is -0.374 e. The first-order valence-electron chi connectivity index (χ1n) is 5.72. The molecular weight excluding hydrogens is 202 g/mol. The van der Waals surface area contributed by atoms with Crippen molar-refractivity contribution in [1.29, 1.82) is 0 Å². The van der Waals surface area contributed by atoms with Crippen LogP contribution in [0.3, 0.4) is 0 Å². The Morgan fingerprint density at radius 1 is 1.62 bits per heavy atom. The molecule has 1 saturated heterocycles. The lowest BCUT2D eigenvalue weighted by molar-refractivity contribution is 0.0340. The van der Waals surface area contributed by atoms with Gasteiger partial charge in [0.25, 0.3) is 0 Å². The molecule has 1 aromatic rings. The van der Waals surface area contributed by atoms with Crippen molar-refractivity contribution in [3.8, 4) is 0 Å². The van der Waals surface area contributed by atoms with Crippen molar-refractivity contribution in [2.75, 3.05) is 38.2 Å². The van der Waals surface area contributed by atoms with E-state index in [9.17, 15) is 0 Å². The molecule has 0 saturated carbocycles. The molecule has 0 amide bonds. The summed E-state index contributed by atoms with van der Waals surface area (Å²) in [6.45, 7) is 5.64. The average Bonchev–Trinajstić information content (AvgIpc) is 2.30. The first kappa shape index (κ1) is 11.4. The molecule has 0 aromatic carbocycles. The molecule has 1 unspecified atom stereocenters. The smallest absolute Gasteiger partial charge is 0.0874 e. The van der Waals surface area contributed by atoms with Gasteiger partial charge in [0, 0.05) is 44.3 Å². The van der Waals surface area contributed by atoms with E-state index in [0.29, 0.717) is 0 Å². The van der Waals surface area contributed by atoms with Crippen LogP contribution in [0, 0.1) is 6.92 Å². The second-order valence-electron chi connectivity index (χ2n) is 4.23. The number of aryl methyl sites for hydroxylation is 1. The molecule has 1 aliphatic heterocycles. The summed E-state index contributed by atoms with van der Waals surface area (Å²) < 4.78 is 5.68. The van der Waals surface area contributed by atoms with E-state index in [1.165, 1.54) is 5.69 Å². The number of morpholine rings is 1. The van der Waals surface area contributed by atoms with E-state index in [1.54, 1.807) is 0 Å². The first-order chi connectivity index (χ1) is 7.75. The third kappa shape index (κ3) is 2.93. The number of nitrogens with zero attached hydrogens (tertiary/aromatic N) is 2. The minimum absolute atomic E-state index is 0.284. The molecule has 1 fully saturated rings. The van der Waals surface area contributed by atoms with Gasteiger partial charge in [-0.1, -0.05) is 0 Å². The Labute approximate surface area is 96.6 Å². The topological polar surface area (TPSA) is 37.4 Å².